The summed E-state index contributed by atoms with van der Waals surface area (Å²) in [4.78, 5) is 115. The van der Waals surface area contributed by atoms with Crippen LogP contribution >= 0.6 is 0 Å². The standard InChI is InChI=1S/C55H72N12O12/c1-33(66-29-22-60-52(76)39-13-6-10-36(44(39)68)48(72)56-18-25-64(4)26-19-57-49(73)37-11-7-14-40(45(37)69)53(77)61-23-30-66)32-67-31-24-62-54(78)41-15-8-12-38(46(41)70)50(74)58-20-27-65(5)28-21-59-51(75)42-16-9-17-43(47(42)71)55(79)63-34(2)35(67)3/h6-17,33-35,68-71H,18-32H2,1-5H3,(H,56,72)(H,57,73)(H,58,74)(H,59,75)(H,60,76)(H,61,77)(H,62,78)(H,63,79). The fourth-order valence-electron chi connectivity index (χ4n) is 9.10. The molecule has 79 heavy (non-hydrogen) atoms. The first-order valence-corrected chi connectivity index (χ1v) is 26.2. The number of rotatable bonds is 3. The maximum atomic E-state index is 13.9. The summed E-state index contributed by atoms with van der Waals surface area (Å²) in [5.41, 5.74) is -0.997. The summed E-state index contributed by atoms with van der Waals surface area (Å²) in [5.74, 6) is -7.12. The molecule has 4 aromatic rings. The van der Waals surface area contributed by atoms with Crippen LogP contribution < -0.4 is 42.5 Å². The van der Waals surface area contributed by atoms with E-state index >= 15 is 0 Å². The highest BCUT2D eigenvalue weighted by molar-refractivity contribution is 6.06. The first kappa shape index (κ1) is 59.9. The molecule has 0 radical (unpaired) electrons. The van der Waals surface area contributed by atoms with E-state index < -0.39 is 88.4 Å². The van der Waals surface area contributed by atoms with Gasteiger partial charge in [-0.15, -0.1) is 0 Å². The fraction of sp³-hybridized carbons (Fsp3) is 0.418. The molecule has 8 bridgehead atoms. The molecule has 0 saturated heterocycles. The number of nitrogens with zero attached hydrogens (tertiary/aromatic N) is 4. The second-order valence-corrected chi connectivity index (χ2v) is 19.6. The van der Waals surface area contributed by atoms with Crippen LogP contribution in [-0.2, 0) is 0 Å². The molecular weight excluding hydrogens is 1020 g/mol. The van der Waals surface area contributed by atoms with Crippen molar-refractivity contribution in [3.63, 3.8) is 0 Å². The summed E-state index contributed by atoms with van der Waals surface area (Å²) >= 11 is 0. The van der Waals surface area contributed by atoms with E-state index in [1.54, 1.807) is 21.0 Å². The van der Waals surface area contributed by atoms with Crippen molar-refractivity contribution < 1.29 is 58.8 Å². The van der Waals surface area contributed by atoms with Crippen LogP contribution in [0, 0.1) is 0 Å². The van der Waals surface area contributed by atoms with E-state index in [2.05, 4.69) is 42.5 Å². The van der Waals surface area contributed by atoms with E-state index in [4.69, 9.17) is 0 Å². The van der Waals surface area contributed by atoms with E-state index in [0.29, 0.717) is 26.2 Å². The lowest BCUT2D eigenvalue weighted by molar-refractivity contribution is 0.0822. The third-order valence-electron chi connectivity index (χ3n) is 14.1. The van der Waals surface area contributed by atoms with Gasteiger partial charge in [0, 0.05) is 116 Å². The molecule has 8 amide bonds. The monoisotopic (exact) mass is 1090 g/mol. The molecule has 2 aliphatic heterocycles. The molecule has 0 aliphatic carbocycles. The van der Waals surface area contributed by atoms with Crippen molar-refractivity contribution >= 4 is 47.3 Å². The lowest BCUT2D eigenvalue weighted by atomic mass is 10.0. The smallest absolute Gasteiger partial charge is 0.255 e. The van der Waals surface area contributed by atoms with Gasteiger partial charge in [0.05, 0.1) is 44.5 Å². The summed E-state index contributed by atoms with van der Waals surface area (Å²) < 4.78 is 0. The summed E-state index contributed by atoms with van der Waals surface area (Å²) in [6.07, 6.45) is 0. The predicted molar refractivity (Wildman–Crippen MR) is 293 cm³/mol. The Labute approximate surface area is 458 Å². The summed E-state index contributed by atoms with van der Waals surface area (Å²) in [5, 5.41) is 67.1. The van der Waals surface area contributed by atoms with Gasteiger partial charge in [0.15, 0.2) is 0 Å². The number of carbonyl (C=O) groups excluding carboxylic acids is 8. The molecule has 2 aliphatic rings. The number of phenols is 4. The number of fused-ring (bicyclic) bond motifs is 8. The van der Waals surface area contributed by atoms with Crippen LogP contribution in [0.3, 0.4) is 0 Å². The van der Waals surface area contributed by atoms with Crippen molar-refractivity contribution in [2.24, 2.45) is 0 Å². The van der Waals surface area contributed by atoms with Gasteiger partial charge in [0.2, 0.25) is 0 Å². The number of amides is 8. The molecule has 6 rings (SSSR count). The molecule has 2 heterocycles. The van der Waals surface area contributed by atoms with Gasteiger partial charge in [0.1, 0.15) is 23.0 Å². The summed E-state index contributed by atoms with van der Waals surface area (Å²) in [6.45, 7) is 8.32. The van der Waals surface area contributed by atoms with Crippen LogP contribution in [0.25, 0.3) is 0 Å². The van der Waals surface area contributed by atoms with Crippen LogP contribution in [0.2, 0.25) is 0 Å². The number of likely N-dealkylation sites (N-methyl/N-ethyl adjacent to an activating group) is 2. The lowest BCUT2D eigenvalue weighted by Crippen LogP contribution is -2.55. The second-order valence-electron chi connectivity index (χ2n) is 19.6. The molecule has 3 unspecified atom stereocenters. The molecule has 24 nitrogen and oxygen atoms in total. The Morgan fingerprint density at radius 1 is 0.405 bits per heavy atom. The minimum Gasteiger partial charge on any atom is -0.506 e. The van der Waals surface area contributed by atoms with Crippen LogP contribution in [0.1, 0.15) is 104 Å². The fourth-order valence-corrected chi connectivity index (χ4v) is 9.10. The van der Waals surface area contributed by atoms with Crippen molar-refractivity contribution in [3.05, 3.63) is 117 Å². The number of hydrogen-bond acceptors (Lipinski definition) is 16. The Bertz CT molecular complexity index is 2800. The normalized spacial score (nSPS) is 20.3. The van der Waals surface area contributed by atoms with Gasteiger partial charge >= 0.3 is 0 Å². The maximum absolute atomic E-state index is 13.9. The van der Waals surface area contributed by atoms with Crippen LogP contribution in [-0.4, -0.2) is 218 Å². The van der Waals surface area contributed by atoms with Gasteiger partial charge in [0.25, 0.3) is 47.3 Å². The van der Waals surface area contributed by atoms with Gasteiger partial charge < -0.3 is 72.8 Å². The zero-order chi connectivity index (χ0) is 57.3. The van der Waals surface area contributed by atoms with E-state index in [-0.39, 0.29) is 116 Å². The highest BCUT2D eigenvalue weighted by atomic mass is 16.3. The zero-order valence-corrected chi connectivity index (χ0v) is 45.1. The molecule has 24 heteroatoms. The molecule has 0 spiro atoms. The summed E-state index contributed by atoms with van der Waals surface area (Å²) in [7, 11) is 3.56. The number of para-hydroxylation sites is 4. The Kier molecular flexibility index (Phi) is 21.5. The van der Waals surface area contributed by atoms with Crippen LogP contribution in [0.4, 0.5) is 0 Å². The Morgan fingerprint density at radius 3 is 0.924 bits per heavy atom. The minimum atomic E-state index is -0.663. The number of hydrogen-bond donors (Lipinski definition) is 12. The average Bonchev–Trinajstić information content (AvgIpc) is 3.41. The SMILES string of the molecule is CC1NC(=O)c2cccc(c2O)C(=O)NCCN(C)CCNC(=O)c2cccc(c2O)C(=O)NCCN(CC(C)N2CCNC(=O)c3cccc(c3O)C(=O)NCCN(C)CCNC(=O)c3cccc(c3O)C(=O)NCC2)C1C. The van der Waals surface area contributed by atoms with Gasteiger partial charge in [-0.25, -0.2) is 0 Å². The second kappa shape index (κ2) is 28.3. The van der Waals surface area contributed by atoms with Gasteiger partial charge in [-0.1, -0.05) is 24.3 Å². The van der Waals surface area contributed by atoms with Crippen molar-refractivity contribution in [1.82, 2.24) is 62.1 Å². The number of nitrogens with one attached hydrogen (secondary N) is 8. The van der Waals surface area contributed by atoms with Gasteiger partial charge in [-0.05, 0) is 83.4 Å². The zero-order valence-electron chi connectivity index (χ0n) is 45.1. The molecule has 0 aromatic heterocycles. The molecule has 424 valence electrons. The average molecular weight is 1090 g/mol. The quantitative estimate of drug-likeness (QED) is 0.130. The van der Waals surface area contributed by atoms with E-state index in [1.165, 1.54) is 72.8 Å². The molecule has 4 aromatic carbocycles. The van der Waals surface area contributed by atoms with Crippen molar-refractivity contribution in [2.75, 3.05) is 112 Å². The van der Waals surface area contributed by atoms with Crippen LogP contribution in [0.15, 0.2) is 72.8 Å². The molecule has 0 fully saturated rings. The molecule has 3 atom stereocenters. The highest BCUT2D eigenvalue weighted by Crippen LogP contribution is 2.26. The van der Waals surface area contributed by atoms with E-state index in [9.17, 15) is 58.8 Å². The highest BCUT2D eigenvalue weighted by Gasteiger charge is 2.29. The number of aromatic hydroxyl groups is 4. The minimum absolute atomic E-state index is 0.00102. The van der Waals surface area contributed by atoms with Crippen molar-refractivity contribution in [2.45, 2.75) is 38.9 Å². The topological polar surface area (TPSA) is 327 Å². The molecular formula is C55H72N12O12. The lowest BCUT2D eigenvalue weighted by Gasteiger charge is -2.38. The van der Waals surface area contributed by atoms with Gasteiger partial charge in [-0.2, -0.15) is 0 Å². The maximum Gasteiger partial charge on any atom is 0.255 e. The third kappa shape index (κ3) is 15.9. The number of carbonyl (C=O) groups is 8. The Morgan fingerprint density at radius 2 is 0.646 bits per heavy atom. The number of phenolic OH excluding ortho intramolecular Hbond substituents is 4. The molecule has 0 saturated carbocycles. The Balaban J connectivity index is 1.28. The van der Waals surface area contributed by atoms with E-state index in [1.807, 2.05) is 33.4 Å². The predicted octanol–water partition coefficient (Wildman–Crippen LogP) is 0.108. The molecule has 12 N–H and O–H groups in total. The first-order valence-electron chi connectivity index (χ1n) is 26.2. The third-order valence-corrected chi connectivity index (χ3v) is 14.1. The Hall–Kier alpha value is -8.32. The largest absolute Gasteiger partial charge is 0.506 e. The van der Waals surface area contributed by atoms with Crippen molar-refractivity contribution in [3.8, 4) is 23.0 Å². The first-order chi connectivity index (χ1) is 37.8. The number of benzene rings is 4. The van der Waals surface area contributed by atoms with E-state index in [0.717, 1.165) is 0 Å². The summed E-state index contributed by atoms with van der Waals surface area (Å²) in [6, 6.07) is 15.5. The van der Waals surface area contributed by atoms with Crippen LogP contribution in [0.5, 0.6) is 23.0 Å². The van der Waals surface area contributed by atoms with Gasteiger partial charge in [-0.3, -0.25) is 48.2 Å². The van der Waals surface area contributed by atoms with Crippen molar-refractivity contribution in [1.29, 1.82) is 0 Å².